The van der Waals surface area contributed by atoms with Gasteiger partial charge in [-0.3, -0.25) is 14.6 Å². The molecule has 1 aromatic rings. The average molecular weight is 230 g/mol. The lowest BCUT2D eigenvalue weighted by Crippen LogP contribution is -2.35. The van der Waals surface area contributed by atoms with E-state index in [0.29, 0.717) is 13.1 Å². The number of benzene rings is 1. The number of nitrogens with zero attached hydrogens (tertiary/aromatic N) is 2. The van der Waals surface area contributed by atoms with Gasteiger partial charge in [-0.05, 0) is 25.1 Å². The molecule has 0 bridgehead atoms. The van der Waals surface area contributed by atoms with E-state index in [1.807, 2.05) is 30.3 Å². The number of carbonyl (C=O) groups is 2. The molecule has 1 aliphatic rings. The van der Waals surface area contributed by atoms with Crippen LogP contribution in [0, 0.1) is 0 Å². The smallest absolute Gasteiger partial charge is 0.292 e. The number of anilines is 1. The topological polar surface area (TPSA) is 40.6 Å². The molecule has 0 aliphatic carbocycles. The number of hydrogen-bond acceptors (Lipinski definition) is 2. The zero-order valence-electron chi connectivity index (χ0n) is 9.67. The standard InChI is InChI=1S/C13H14N2O2/c1-2-6-12(16)15-10-9-14(13(15)17)11-7-4-3-5-8-11/h2-8H,9-10H2,1H3/b6-2+. The summed E-state index contributed by atoms with van der Waals surface area (Å²) >= 11 is 0. The van der Waals surface area contributed by atoms with Crippen LogP contribution in [0.3, 0.4) is 0 Å². The molecular weight excluding hydrogens is 216 g/mol. The molecule has 0 N–H and O–H groups in total. The Morgan fingerprint density at radius 1 is 1.24 bits per heavy atom. The summed E-state index contributed by atoms with van der Waals surface area (Å²) in [5, 5.41) is 0. The Hall–Kier alpha value is -2.10. The quantitative estimate of drug-likeness (QED) is 0.729. The Balaban J connectivity index is 2.16. The van der Waals surface area contributed by atoms with Gasteiger partial charge in [0, 0.05) is 18.8 Å². The van der Waals surface area contributed by atoms with Crippen LogP contribution in [-0.2, 0) is 4.79 Å². The lowest BCUT2D eigenvalue weighted by Gasteiger charge is -2.16. The fourth-order valence-electron chi connectivity index (χ4n) is 1.82. The van der Waals surface area contributed by atoms with E-state index >= 15 is 0 Å². The van der Waals surface area contributed by atoms with Crippen molar-refractivity contribution in [3.05, 3.63) is 42.5 Å². The Morgan fingerprint density at radius 3 is 2.59 bits per heavy atom. The molecule has 1 aliphatic heterocycles. The highest BCUT2D eigenvalue weighted by atomic mass is 16.2. The second kappa shape index (κ2) is 4.82. The molecule has 1 fully saturated rings. The number of para-hydroxylation sites is 1. The third kappa shape index (κ3) is 2.20. The van der Waals surface area contributed by atoms with Crippen molar-refractivity contribution < 1.29 is 9.59 Å². The van der Waals surface area contributed by atoms with Crippen LogP contribution in [0.25, 0.3) is 0 Å². The van der Waals surface area contributed by atoms with Crippen LogP contribution < -0.4 is 4.90 Å². The van der Waals surface area contributed by atoms with Gasteiger partial charge in [0.25, 0.3) is 5.91 Å². The van der Waals surface area contributed by atoms with E-state index in [2.05, 4.69) is 0 Å². The summed E-state index contributed by atoms with van der Waals surface area (Å²) in [5.41, 5.74) is 0.827. The van der Waals surface area contributed by atoms with E-state index in [9.17, 15) is 9.59 Å². The van der Waals surface area contributed by atoms with Gasteiger partial charge in [-0.25, -0.2) is 4.79 Å². The minimum atomic E-state index is -0.254. The Morgan fingerprint density at radius 2 is 1.94 bits per heavy atom. The van der Waals surface area contributed by atoms with Crippen LogP contribution in [0.2, 0.25) is 0 Å². The first-order chi connectivity index (χ1) is 8.24. The molecule has 0 radical (unpaired) electrons. The molecule has 1 saturated heterocycles. The number of hydrogen-bond donors (Lipinski definition) is 0. The predicted molar refractivity (Wildman–Crippen MR) is 65.7 cm³/mol. The van der Waals surface area contributed by atoms with Gasteiger partial charge in [0.2, 0.25) is 0 Å². The highest BCUT2D eigenvalue weighted by Gasteiger charge is 2.32. The number of amides is 3. The Bertz CT molecular complexity index is 454. The monoisotopic (exact) mass is 230 g/mol. The summed E-state index contributed by atoms with van der Waals surface area (Å²) in [4.78, 5) is 26.5. The molecule has 3 amide bonds. The molecular formula is C13H14N2O2. The van der Waals surface area contributed by atoms with E-state index in [-0.39, 0.29) is 11.9 Å². The second-order valence-electron chi connectivity index (χ2n) is 3.76. The third-order valence-electron chi connectivity index (χ3n) is 2.65. The minimum Gasteiger partial charge on any atom is -0.292 e. The maximum absolute atomic E-state index is 12.0. The van der Waals surface area contributed by atoms with Crippen molar-refractivity contribution in [1.29, 1.82) is 0 Å². The van der Waals surface area contributed by atoms with Crippen molar-refractivity contribution in [3.63, 3.8) is 0 Å². The zero-order chi connectivity index (χ0) is 12.3. The first-order valence-electron chi connectivity index (χ1n) is 5.55. The molecule has 0 atom stereocenters. The van der Waals surface area contributed by atoms with Gasteiger partial charge in [-0.15, -0.1) is 0 Å². The fraction of sp³-hybridized carbons (Fsp3) is 0.231. The third-order valence-corrected chi connectivity index (χ3v) is 2.65. The van der Waals surface area contributed by atoms with E-state index < -0.39 is 0 Å². The van der Waals surface area contributed by atoms with Crippen LogP contribution in [-0.4, -0.2) is 29.9 Å². The molecule has 0 spiro atoms. The Kier molecular flexibility index (Phi) is 3.23. The lowest BCUT2D eigenvalue weighted by atomic mass is 10.3. The van der Waals surface area contributed by atoms with Crippen LogP contribution >= 0.6 is 0 Å². The normalized spacial score (nSPS) is 15.9. The fourth-order valence-corrected chi connectivity index (χ4v) is 1.82. The summed E-state index contributed by atoms with van der Waals surface area (Å²) in [5.74, 6) is -0.254. The average Bonchev–Trinajstić information content (AvgIpc) is 2.72. The van der Waals surface area contributed by atoms with Crippen LogP contribution in [0.5, 0.6) is 0 Å². The number of imide groups is 1. The molecule has 1 heterocycles. The zero-order valence-corrected chi connectivity index (χ0v) is 9.67. The van der Waals surface area contributed by atoms with E-state index in [4.69, 9.17) is 0 Å². The molecule has 0 aromatic heterocycles. The highest BCUT2D eigenvalue weighted by molar-refractivity contribution is 6.07. The van der Waals surface area contributed by atoms with Crippen molar-refractivity contribution >= 4 is 17.6 Å². The van der Waals surface area contributed by atoms with Crippen molar-refractivity contribution in [3.8, 4) is 0 Å². The van der Waals surface area contributed by atoms with Crippen LogP contribution in [0.15, 0.2) is 42.5 Å². The summed E-state index contributed by atoms with van der Waals surface area (Å²) in [7, 11) is 0. The molecule has 4 nitrogen and oxygen atoms in total. The maximum Gasteiger partial charge on any atom is 0.331 e. The first kappa shape index (κ1) is 11.4. The lowest BCUT2D eigenvalue weighted by molar-refractivity contribution is -0.122. The van der Waals surface area contributed by atoms with Gasteiger partial charge in [-0.1, -0.05) is 24.3 Å². The first-order valence-corrected chi connectivity index (χ1v) is 5.55. The van der Waals surface area contributed by atoms with Gasteiger partial charge in [0.1, 0.15) is 0 Å². The number of allylic oxidation sites excluding steroid dienone is 1. The predicted octanol–water partition coefficient (Wildman–Crippen LogP) is 2.03. The molecule has 1 aromatic carbocycles. The van der Waals surface area contributed by atoms with Crippen molar-refractivity contribution in [1.82, 2.24) is 4.90 Å². The minimum absolute atomic E-state index is 0.251. The van der Waals surface area contributed by atoms with Gasteiger partial charge >= 0.3 is 6.03 Å². The van der Waals surface area contributed by atoms with Crippen molar-refractivity contribution in [2.45, 2.75) is 6.92 Å². The molecule has 17 heavy (non-hydrogen) atoms. The summed E-state index contributed by atoms with van der Waals surface area (Å²) < 4.78 is 0. The number of rotatable bonds is 2. The SMILES string of the molecule is C/C=C/C(=O)N1CCN(c2ccccc2)C1=O. The van der Waals surface area contributed by atoms with Gasteiger partial charge in [-0.2, -0.15) is 0 Å². The van der Waals surface area contributed by atoms with Gasteiger partial charge in [0.15, 0.2) is 0 Å². The molecule has 88 valence electrons. The van der Waals surface area contributed by atoms with Crippen LogP contribution in [0.1, 0.15) is 6.92 Å². The molecule has 0 unspecified atom stereocenters. The van der Waals surface area contributed by atoms with Crippen molar-refractivity contribution in [2.24, 2.45) is 0 Å². The number of urea groups is 1. The van der Waals surface area contributed by atoms with E-state index in [1.165, 1.54) is 11.0 Å². The highest BCUT2D eigenvalue weighted by Crippen LogP contribution is 2.19. The van der Waals surface area contributed by atoms with Crippen LogP contribution in [0.4, 0.5) is 10.5 Å². The Labute approximate surface area is 100 Å². The van der Waals surface area contributed by atoms with Gasteiger partial charge < -0.3 is 0 Å². The van der Waals surface area contributed by atoms with E-state index in [0.717, 1.165) is 5.69 Å². The molecule has 2 rings (SSSR count). The van der Waals surface area contributed by atoms with Crippen molar-refractivity contribution in [2.75, 3.05) is 18.0 Å². The summed E-state index contributed by atoms with van der Waals surface area (Å²) in [6.07, 6.45) is 3.05. The number of carbonyl (C=O) groups excluding carboxylic acids is 2. The molecule has 0 saturated carbocycles. The van der Waals surface area contributed by atoms with Gasteiger partial charge in [0.05, 0.1) is 0 Å². The second-order valence-corrected chi connectivity index (χ2v) is 3.76. The largest absolute Gasteiger partial charge is 0.331 e. The summed E-state index contributed by atoms with van der Waals surface area (Å²) in [6, 6.07) is 9.12. The molecule has 4 heteroatoms. The summed E-state index contributed by atoms with van der Waals surface area (Å²) in [6.45, 7) is 2.75. The van der Waals surface area contributed by atoms with E-state index in [1.54, 1.807) is 17.9 Å². The maximum atomic E-state index is 12.0.